The Hall–Kier alpha value is -1.91. The molecular weight excluding hydrogens is 226 g/mol. The van der Waals surface area contributed by atoms with Crippen LogP contribution in [0.25, 0.3) is 0 Å². The molecule has 2 aromatic rings. The lowest BCUT2D eigenvalue weighted by molar-refractivity contribution is 0.765. The summed E-state index contributed by atoms with van der Waals surface area (Å²) in [5.74, 6) is 1.69. The molecule has 2 aromatic heterocycles. The zero-order valence-corrected chi connectivity index (χ0v) is 11.5. The molecule has 0 bridgehead atoms. The number of nitrogens with one attached hydrogen (secondary N) is 1. The number of nitrogens with zero attached hydrogens (tertiary/aromatic N) is 4. The van der Waals surface area contributed by atoms with E-state index in [0.29, 0.717) is 0 Å². The zero-order valence-electron chi connectivity index (χ0n) is 11.5. The van der Waals surface area contributed by atoms with Gasteiger partial charge in [0.25, 0.3) is 0 Å². The highest BCUT2D eigenvalue weighted by Crippen LogP contribution is 2.21. The van der Waals surface area contributed by atoms with Crippen molar-refractivity contribution in [2.24, 2.45) is 7.05 Å². The largest absolute Gasteiger partial charge is 0.363 e. The van der Waals surface area contributed by atoms with E-state index in [4.69, 9.17) is 0 Å². The van der Waals surface area contributed by atoms with Gasteiger partial charge in [-0.25, -0.2) is 9.97 Å². The number of aryl methyl sites for hydroxylation is 3. The molecule has 0 radical (unpaired) electrons. The van der Waals surface area contributed by atoms with E-state index in [1.165, 1.54) is 0 Å². The maximum atomic E-state index is 4.46. The second kappa shape index (κ2) is 4.76. The molecule has 0 saturated carbocycles. The van der Waals surface area contributed by atoms with Crippen molar-refractivity contribution in [3.05, 3.63) is 35.0 Å². The molecule has 0 aromatic carbocycles. The summed E-state index contributed by atoms with van der Waals surface area (Å²) >= 11 is 0. The van der Waals surface area contributed by atoms with Gasteiger partial charge in [0.2, 0.25) is 0 Å². The molecular formula is C13H19N5. The van der Waals surface area contributed by atoms with Crippen LogP contribution in [0.4, 0.5) is 5.82 Å². The summed E-state index contributed by atoms with van der Waals surface area (Å²) in [5.41, 5.74) is 3.26. The molecule has 0 saturated heterocycles. The number of rotatable bonds is 3. The van der Waals surface area contributed by atoms with Crippen LogP contribution in [0.3, 0.4) is 0 Å². The molecule has 0 spiro atoms. The van der Waals surface area contributed by atoms with E-state index in [0.717, 1.165) is 28.5 Å². The maximum absolute atomic E-state index is 4.46. The highest BCUT2D eigenvalue weighted by molar-refractivity contribution is 5.47. The van der Waals surface area contributed by atoms with Gasteiger partial charge >= 0.3 is 0 Å². The smallest absolute Gasteiger partial charge is 0.133 e. The van der Waals surface area contributed by atoms with E-state index in [2.05, 4.69) is 27.3 Å². The van der Waals surface area contributed by atoms with E-state index < -0.39 is 0 Å². The molecule has 2 heterocycles. The predicted molar refractivity (Wildman–Crippen MR) is 71.5 cm³/mol. The Morgan fingerprint density at radius 1 is 1.22 bits per heavy atom. The van der Waals surface area contributed by atoms with Gasteiger partial charge in [0.05, 0.1) is 12.2 Å². The molecule has 18 heavy (non-hydrogen) atoms. The summed E-state index contributed by atoms with van der Waals surface area (Å²) in [6, 6.07) is 0.172. The van der Waals surface area contributed by atoms with Crippen molar-refractivity contribution >= 4 is 5.82 Å². The van der Waals surface area contributed by atoms with Crippen LogP contribution in [0.15, 0.2) is 12.4 Å². The molecule has 1 atom stereocenters. The molecule has 0 aliphatic heterocycles. The standard InChI is InChI=1S/C13H19N5/c1-8-9(2)15-11(4)17-13(8)16-10(3)12-6-14-18(5)7-12/h6-7,10H,1-5H3,(H,15,16,17)/t10-/m1/s1. The fourth-order valence-electron chi connectivity index (χ4n) is 1.86. The molecule has 0 unspecified atom stereocenters. The lowest BCUT2D eigenvalue weighted by atomic mass is 10.1. The van der Waals surface area contributed by atoms with Crippen molar-refractivity contribution < 1.29 is 0 Å². The first kappa shape index (κ1) is 12.5. The monoisotopic (exact) mass is 245 g/mol. The molecule has 5 nitrogen and oxygen atoms in total. The van der Waals surface area contributed by atoms with Crippen LogP contribution in [0, 0.1) is 20.8 Å². The van der Waals surface area contributed by atoms with Crippen LogP contribution in [-0.2, 0) is 7.05 Å². The van der Waals surface area contributed by atoms with E-state index in [1.807, 2.05) is 40.2 Å². The van der Waals surface area contributed by atoms with E-state index >= 15 is 0 Å². The number of hydrogen-bond donors (Lipinski definition) is 1. The normalized spacial score (nSPS) is 12.5. The summed E-state index contributed by atoms with van der Waals surface area (Å²) in [4.78, 5) is 8.81. The Kier molecular flexibility index (Phi) is 3.32. The highest BCUT2D eigenvalue weighted by Gasteiger charge is 2.11. The Morgan fingerprint density at radius 2 is 1.94 bits per heavy atom. The Morgan fingerprint density at radius 3 is 2.56 bits per heavy atom. The first-order valence-corrected chi connectivity index (χ1v) is 6.04. The van der Waals surface area contributed by atoms with Crippen LogP contribution in [0.5, 0.6) is 0 Å². The third-order valence-electron chi connectivity index (χ3n) is 3.08. The lowest BCUT2D eigenvalue weighted by Gasteiger charge is -2.16. The molecule has 0 aliphatic carbocycles. The lowest BCUT2D eigenvalue weighted by Crippen LogP contribution is -2.11. The first-order chi connectivity index (χ1) is 8.47. The average molecular weight is 245 g/mol. The van der Waals surface area contributed by atoms with Crippen LogP contribution < -0.4 is 5.32 Å². The van der Waals surface area contributed by atoms with Gasteiger partial charge in [-0.2, -0.15) is 5.10 Å². The Balaban J connectivity index is 2.24. The number of anilines is 1. The van der Waals surface area contributed by atoms with Crippen LogP contribution in [0.1, 0.15) is 35.6 Å². The minimum atomic E-state index is 0.172. The van der Waals surface area contributed by atoms with Gasteiger partial charge in [-0.1, -0.05) is 0 Å². The van der Waals surface area contributed by atoms with Gasteiger partial charge in [-0.3, -0.25) is 4.68 Å². The van der Waals surface area contributed by atoms with E-state index in [1.54, 1.807) is 4.68 Å². The van der Waals surface area contributed by atoms with Crippen molar-refractivity contribution in [2.45, 2.75) is 33.7 Å². The summed E-state index contributed by atoms with van der Waals surface area (Å²) in [6.07, 6.45) is 3.88. The molecule has 2 rings (SSSR count). The van der Waals surface area contributed by atoms with Crippen molar-refractivity contribution in [3.63, 3.8) is 0 Å². The van der Waals surface area contributed by atoms with Gasteiger partial charge in [-0.15, -0.1) is 0 Å². The van der Waals surface area contributed by atoms with Gasteiger partial charge in [0, 0.05) is 30.1 Å². The average Bonchev–Trinajstić information content (AvgIpc) is 2.72. The molecule has 0 amide bonds. The molecule has 0 aliphatic rings. The second-order valence-corrected chi connectivity index (χ2v) is 4.64. The third kappa shape index (κ3) is 2.50. The highest BCUT2D eigenvalue weighted by atomic mass is 15.2. The van der Waals surface area contributed by atoms with E-state index in [-0.39, 0.29) is 6.04 Å². The Labute approximate surface area is 107 Å². The van der Waals surface area contributed by atoms with Crippen LogP contribution >= 0.6 is 0 Å². The van der Waals surface area contributed by atoms with E-state index in [9.17, 15) is 0 Å². The van der Waals surface area contributed by atoms with Gasteiger partial charge in [-0.05, 0) is 27.7 Å². The molecule has 1 N–H and O–H groups in total. The number of hydrogen-bond acceptors (Lipinski definition) is 4. The quantitative estimate of drug-likeness (QED) is 0.901. The third-order valence-corrected chi connectivity index (χ3v) is 3.08. The summed E-state index contributed by atoms with van der Waals surface area (Å²) < 4.78 is 1.80. The molecule has 5 heteroatoms. The van der Waals surface area contributed by atoms with Crippen LogP contribution in [-0.4, -0.2) is 19.7 Å². The second-order valence-electron chi connectivity index (χ2n) is 4.64. The summed E-state index contributed by atoms with van der Waals surface area (Å²) in [6.45, 7) is 8.05. The fourth-order valence-corrected chi connectivity index (χ4v) is 1.86. The fraction of sp³-hybridized carbons (Fsp3) is 0.462. The molecule has 0 fully saturated rings. The van der Waals surface area contributed by atoms with Gasteiger partial charge < -0.3 is 5.32 Å². The minimum absolute atomic E-state index is 0.172. The number of aromatic nitrogens is 4. The molecule has 96 valence electrons. The van der Waals surface area contributed by atoms with Crippen molar-refractivity contribution in [3.8, 4) is 0 Å². The zero-order chi connectivity index (χ0) is 13.3. The minimum Gasteiger partial charge on any atom is -0.363 e. The van der Waals surface area contributed by atoms with Crippen molar-refractivity contribution in [1.82, 2.24) is 19.7 Å². The van der Waals surface area contributed by atoms with Crippen molar-refractivity contribution in [1.29, 1.82) is 0 Å². The van der Waals surface area contributed by atoms with Crippen LogP contribution in [0.2, 0.25) is 0 Å². The van der Waals surface area contributed by atoms with Gasteiger partial charge in [0.1, 0.15) is 11.6 Å². The first-order valence-electron chi connectivity index (χ1n) is 6.04. The summed E-state index contributed by atoms with van der Waals surface area (Å²) in [5, 5.41) is 7.60. The van der Waals surface area contributed by atoms with Crippen molar-refractivity contribution in [2.75, 3.05) is 5.32 Å². The van der Waals surface area contributed by atoms with Gasteiger partial charge in [0.15, 0.2) is 0 Å². The maximum Gasteiger partial charge on any atom is 0.133 e. The topological polar surface area (TPSA) is 55.6 Å². The SMILES string of the molecule is Cc1nc(C)c(C)c(N[C@H](C)c2cnn(C)c2)n1. The predicted octanol–water partition coefficient (Wildman–Crippen LogP) is 2.31. The Bertz CT molecular complexity index is 559. The summed E-state index contributed by atoms with van der Waals surface area (Å²) in [7, 11) is 1.92.